The van der Waals surface area contributed by atoms with Gasteiger partial charge in [-0.2, -0.15) is 0 Å². The highest BCUT2D eigenvalue weighted by atomic mass is 16.5. The van der Waals surface area contributed by atoms with Crippen LogP contribution in [-0.2, 0) is 9.53 Å². The lowest BCUT2D eigenvalue weighted by atomic mass is 10.1. The Kier molecular flexibility index (Phi) is 7.56. The monoisotopic (exact) mass is 226 g/mol. The lowest BCUT2D eigenvalue weighted by molar-refractivity contribution is -0.151. The van der Waals surface area contributed by atoms with Gasteiger partial charge in [0.15, 0.2) is 0 Å². The van der Waals surface area contributed by atoms with E-state index in [0.29, 0.717) is 0 Å². The van der Waals surface area contributed by atoms with E-state index < -0.39 is 12.1 Å². The molecule has 0 fully saturated rings. The standard InChI is InChI=1S/C13H22O3/c1-10(2)6-5-7-11(3)8-9-16-13(15)12(4)14/h6,8,12,14H,5,7,9H2,1-4H3/b11-8+. The average Bonchev–Trinajstić information content (AvgIpc) is 2.16. The summed E-state index contributed by atoms with van der Waals surface area (Å²) in [6.07, 6.45) is 4.99. The van der Waals surface area contributed by atoms with Gasteiger partial charge in [0, 0.05) is 0 Å². The van der Waals surface area contributed by atoms with Crippen LogP contribution in [0.2, 0.25) is 0 Å². The fraction of sp³-hybridized carbons (Fsp3) is 0.615. The molecule has 0 amide bonds. The maximum absolute atomic E-state index is 10.9. The van der Waals surface area contributed by atoms with E-state index in [1.165, 1.54) is 18.1 Å². The molecular weight excluding hydrogens is 204 g/mol. The van der Waals surface area contributed by atoms with Crippen molar-refractivity contribution in [1.29, 1.82) is 0 Å². The van der Waals surface area contributed by atoms with Crippen LogP contribution in [0.15, 0.2) is 23.3 Å². The maximum Gasteiger partial charge on any atom is 0.334 e. The Hall–Kier alpha value is -1.09. The second kappa shape index (κ2) is 8.11. The number of allylic oxidation sites excluding steroid dienone is 3. The van der Waals surface area contributed by atoms with E-state index in [1.54, 1.807) is 0 Å². The summed E-state index contributed by atoms with van der Waals surface area (Å²) in [5, 5.41) is 8.89. The zero-order chi connectivity index (χ0) is 12.6. The van der Waals surface area contributed by atoms with E-state index in [0.717, 1.165) is 12.8 Å². The van der Waals surface area contributed by atoms with Crippen molar-refractivity contribution in [2.45, 2.75) is 46.6 Å². The molecule has 0 aliphatic rings. The third kappa shape index (κ3) is 8.24. The Morgan fingerprint density at radius 3 is 2.44 bits per heavy atom. The fourth-order valence-corrected chi connectivity index (χ4v) is 1.08. The first-order chi connectivity index (χ1) is 7.43. The molecule has 1 unspecified atom stereocenters. The molecule has 0 aromatic carbocycles. The van der Waals surface area contributed by atoms with Crippen LogP contribution in [-0.4, -0.2) is 23.8 Å². The molecule has 0 spiro atoms. The molecule has 3 nitrogen and oxygen atoms in total. The predicted octanol–water partition coefficient (Wildman–Crippen LogP) is 2.60. The van der Waals surface area contributed by atoms with Crippen molar-refractivity contribution in [3.8, 4) is 0 Å². The van der Waals surface area contributed by atoms with E-state index in [4.69, 9.17) is 9.84 Å². The van der Waals surface area contributed by atoms with Crippen molar-refractivity contribution in [2.24, 2.45) is 0 Å². The van der Waals surface area contributed by atoms with E-state index in [1.807, 2.05) is 13.0 Å². The van der Waals surface area contributed by atoms with Gasteiger partial charge in [-0.05, 0) is 46.6 Å². The van der Waals surface area contributed by atoms with E-state index in [2.05, 4.69) is 19.9 Å². The molecule has 3 heteroatoms. The molecule has 0 aromatic heterocycles. The second-order valence-electron chi connectivity index (χ2n) is 4.18. The number of aliphatic hydroxyl groups is 1. The van der Waals surface area contributed by atoms with Crippen molar-refractivity contribution in [2.75, 3.05) is 6.61 Å². The largest absolute Gasteiger partial charge is 0.460 e. The van der Waals surface area contributed by atoms with Gasteiger partial charge in [0.1, 0.15) is 12.7 Å². The van der Waals surface area contributed by atoms with E-state index >= 15 is 0 Å². The first-order valence-electron chi connectivity index (χ1n) is 5.57. The van der Waals surface area contributed by atoms with E-state index in [9.17, 15) is 4.79 Å². The molecule has 0 saturated carbocycles. The minimum Gasteiger partial charge on any atom is -0.460 e. The molecule has 0 rings (SSSR count). The highest BCUT2D eigenvalue weighted by Crippen LogP contribution is 2.06. The first-order valence-corrected chi connectivity index (χ1v) is 5.57. The minimum absolute atomic E-state index is 0.240. The summed E-state index contributed by atoms with van der Waals surface area (Å²) in [6.45, 7) is 7.79. The highest BCUT2D eigenvalue weighted by Gasteiger charge is 2.08. The molecule has 0 aromatic rings. The summed E-state index contributed by atoms with van der Waals surface area (Å²) in [5.74, 6) is -0.576. The van der Waals surface area contributed by atoms with Crippen LogP contribution in [0.5, 0.6) is 0 Å². The van der Waals surface area contributed by atoms with Crippen molar-refractivity contribution < 1.29 is 14.6 Å². The lowest BCUT2D eigenvalue weighted by Crippen LogP contribution is -2.19. The lowest BCUT2D eigenvalue weighted by Gasteiger charge is -2.04. The van der Waals surface area contributed by atoms with Gasteiger partial charge >= 0.3 is 5.97 Å². The van der Waals surface area contributed by atoms with Crippen molar-refractivity contribution in [3.63, 3.8) is 0 Å². The Morgan fingerprint density at radius 1 is 1.31 bits per heavy atom. The Bertz CT molecular complexity index is 271. The quantitative estimate of drug-likeness (QED) is 0.559. The van der Waals surface area contributed by atoms with Gasteiger partial charge in [0.2, 0.25) is 0 Å². The minimum atomic E-state index is -1.04. The molecular formula is C13H22O3. The van der Waals surface area contributed by atoms with Crippen LogP contribution in [0.25, 0.3) is 0 Å². The number of hydrogen-bond acceptors (Lipinski definition) is 3. The van der Waals surface area contributed by atoms with Crippen LogP contribution >= 0.6 is 0 Å². The molecule has 1 N–H and O–H groups in total. The zero-order valence-electron chi connectivity index (χ0n) is 10.6. The summed E-state index contributed by atoms with van der Waals surface area (Å²) in [5.41, 5.74) is 2.50. The van der Waals surface area contributed by atoms with Gasteiger partial charge in [0.25, 0.3) is 0 Å². The Labute approximate surface area is 97.8 Å². The first kappa shape index (κ1) is 14.9. The second-order valence-corrected chi connectivity index (χ2v) is 4.18. The van der Waals surface area contributed by atoms with Crippen molar-refractivity contribution >= 4 is 5.97 Å². The molecule has 0 bridgehead atoms. The molecule has 16 heavy (non-hydrogen) atoms. The van der Waals surface area contributed by atoms with Crippen molar-refractivity contribution in [3.05, 3.63) is 23.3 Å². The molecule has 0 heterocycles. The summed E-state index contributed by atoms with van der Waals surface area (Å²) in [6, 6.07) is 0. The topological polar surface area (TPSA) is 46.5 Å². The van der Waals surface area contributed by atoms with E-state index in [-0.39, 0.29) is 6.61 Å². The maximum atomic E-state index is 10.9. The smallest absolute Gasteiger partial charge is 0.334 e. The fourth-order valence-electron chi connectivity index (χ4n) is 1.08. The van der Waals surface area contributed by atoms with Crippen molar-refractivity contribution in [1.82, 2.24) is 0 Å². The number of rotatable bonds is 6. The van der Waals surface area contributed by atoms with Crippen LogP contribution in [0.3, 0.4) is 0 Å². The molecule has 0 saturated heterocycles. The molecule has 0 aliphatic heterocycles. The summed E-state index contributed by atoms with van der Waals surface area (Å²) in [4.78, 5) is 10.9. The summed E-state index contributed by atoms with van der Waals surface area (Å²) >= 11 is 0. The SMILES string of the molecule is CC(C)=CCC/C(C)=C/COC(=O)C(C)O. The number of esters is 1. The van der Waals surface area contributed by atoms with Gasteiger partial charge in [-0.25, -0.2) is 4.79 Å². The van der Waals surface area contributed by atoms with Gasteiger partial charge in [-0.1, -0.05) is 17.2 Å². The zero-order valence-corrected chi connectivity index (χ0v) is 10.6. The predicted molar refractivity (Wildman–Crippen MR) is 65.1 cm³/mol. The number of aliphatic hydroxyl groups excluding tert-OH is 1. The number of ether oxygens (including phenoxy) is 1. The van der Waals surface area contributed by atoms with Crippen LogP contribution in [0, 0.1) is 0 Å². The summed E-state index contributed by atoms with van der Waals surface area (Å²) < 4.78 is 4.82. The van der Waals surface area contributed by atoms with Crippen LogP contribution < -0.4 is 0 Å². The number of carbonyl (C=O) groups excluding carboxylic acids is 1. The van der Waals surface area contributed by atoms with Gasteiger partial charge in [-0.15, -0.1) is 0 Å². The van der Waals surface area contributed by atoms with Crippen LogP contribution in [0.4, 0.5) is 0 Å². The Balaban J connectivity index is 3.79. The van der Waals surface area contributed by atoms with Crippen LogP contribution in [0.1, 0.15) is 40.5 Å². The van der Waals surface area contributed by atoms with Gasteiger partial charge in [-0.3, -0.25) is 0 Å². The third-order valence-electron chi connectivity index (χ3n) is 2.09. The normalized spacial score (nSPS) is 13.2. The average molecular weight is 226 g/mol. The molecule has 1 atom stereocenters. The third-order valence-corrected chi connectivity index (χ3v) is 2.09. The van der Waals surface area contributed by atoms with Gasteiger partial charge in [0.05, 0.1) is 0 Å². The molecule has 0 aliphatic carbocycles. The molecule has 92 valence electrons. The number of hydrogen-bond donors (Lipinski definition) is 1. The number of carbonyl (C=O) groups is 1. The Morgan fingerprint density at radius 2 is 1.94 bits per heavy atom. The highest BCUT2D eigenvalue weighted by molar-refractivity contribution is 5.73. The molecule has 0 radical (unpaired) electrons. The van der Waals surface area contributed by atoms with Gasteiger partial charge < -0.3 is 9.84 Å². The summed E-state index contributed by atoms with van der Waals surface area (Å²) in [7, 11) is 0.